The minimum absolute atomic E-state index is 0.138. The first-order valence-corrected chi connectivity index (χ1v) is 10.00. The molecule has 1 aromatic rings. The third-order valence-corrected chi connectivity index (χ3v) is 5.94. The summed E-state index contributed by atoms with van der Waals surface area (Å²) in [7, 11) is 0. The van der Waals surface area contributed by atoms with E-state index in [-0.39, 0.29) is 5.91 Å². The van der Waals surface area contributed by atoms with E-state index in [1.54, 1.807) is 11.3 Å². The van der Waals surface area contributed by atoms with Gasteiger partial charge in [-0.25, -0.2) is 4.98 Å². The van der Waals surface area contributed by atoms with Crippen LogP contribution in [0.15, 0.2) is 5.38 Å². The van der Waals surface area contributed by atoms with Gasteiger partial charge in [-0.05, 0) is 58.0 Å². The Morgan fingerprint density at radius 3 is 2.87 bits per heavy atom. The number of likely N-dealkylation sites (tertiary alicyclic amines) is 1. The quantitative estimate of drug-likeness (QED) is 0.899. The number of nitrogens with zero attached hydrogens (tertiary/aromatic N) is 2. The normalized spacial score (nSPS) is 26.1. The zero-order chi connectivity index (χ0) is 16.1. The van der Waals surface area contributed by atoms with Crippen LogP contribution >= 0.6 is 11.3 Å². The number of aromatic nitrogens is 1. The Bertz CT molecular complexity index is 510. The van der Waals surface area contributed by atoms with Gasteiger partial charge in [-0.1, -0.05) is 12.8 Å². The molecule has 4 nitrogen and oxygen atoms in total. The number of hydrogen-bond acceptors (Lipinski definition) is 4. The van der Waals surface area contributed by atoms with E-state index < -0.39 is 0 Å². The SMILES string of the molecule is Cc1nc(CC(=O)N[C@H]2CCC[C@@H](CN3CCCCC3)C2)cs1. The van der Waals surface area contributed by atoms with Crippen molar-refractivity contribution >= 4 is 17.2 Å². The maximum Gasteiger partial charge on any atom is 0.226 e. The summed E-state index contributed by atoms with van der Waals surface area (Å²) in [4.78, 5) is 19.3. The summed E-state index contributed by atoms with van der Waals surface area (Å²) in [6.07, 6.45) is 9.41. The summed E-state index contributed by atoms with van der Waals surface area (Å²) < 4.78 is 0. The maximum absolute atomic E-state index is 12.2. The van der Waals surface area contributed by atoms with Gasteiger partial charge in [-0.15, -0.1) is 11.3 Å². The molecule has 5 heteroatoms. The molecule has 0 spiro atoms. The van der Waals surface area contributed by atoms with Crippen molar-refractivity contribution in [2.75, 3.05) is 19.6 Å². The predicted octanol–water partition coefficient (Wildman–Crippen LogP) is 3.15. The fourth-order valence-electron chi connectivity index (χ4n) is 4.03. The molecule has 0 bridgehead atoms. The van der Waals surface area contributed by atoms with Gasteiger partial charge in [0, 0.05) is 18.0 Å². The molecule has 1 saturated heterocycles. The van der Waals surface area contributed by atoms with Gasteiger partial charge in [0.15, 0.2) is 0 Å². The van der Waals surface area contributed by atoms with E-state index in [9.17, 15) is 4.79 Å². The smallest absolute Gasteiger partial charge is 0.226 e. The zero-order valence-electron chi connectivity index (χ0n) is 14.2. The third-order valence-electron chi connectivity index (χ3n) is 5.12. The molecule has 0 radical (unpaired) electrons. The number of nitrogens with one attached hydrogen (secondary N) is 1. The topological polar surface area (TPSA) is 45.2 Å². The van der Waals surface area contributed by atoms with Crippen molar-refractivity contribution in [3.8, 4) is 0 Å². The lowest BCUT2D eigenvalue weighted by molar-refractivity contribution is -0.121. The van der Waals surface area contributed by atoms with Crippen molar-refractivity contribution < 1.29 is 4.79 Å². The van der Waals surface area contributed by atoms with Crippen LogP contribution in [0.1, 0.15) is 55.6 Å². The molecule has 1 saturated carbocycles. The Hall–Kier alpha value is -0.940. The fourth-order valence-corrected chi connectivity index (χ4v) is 4.64. The summed E-state index contributed by atoms with van der Waals surface area (Å²) in [5.41, 5.74) is 0.908. The highest BCUT2D eigenvalue weighted by Gasteiger charge is 2.25. The maximum atomic E-state index is 12.2. The molecule has 1 aromatic heterocycles. The highest BCUT2D eigenvalue weighted by atomic mass is 32.1. The first-order chi connectivity index (χ1) is 11.2. The van der Waals surface area contributed by atoms with Crippen LogP contribution in [0.4, 0.5) is 0 Å². The first-order valence-electron chi connectivity index (χ1n) is 9.12. The number of piperidine rings is 1. The van der Waals surface area contributed by atoms with Gasteiger partial charge in [-0.3, -0.25) is 4.79 Å². The lowest BCUT2D eigenvalue weighted by Crippen LogP contribution is -2.42. The van der Waals surface area contributed by atoms with Gasteiger partial charge >= 0.3 is 0 Å². The summed E-state index contributed by atoms with van der Waals surface area (Å²) in [6, 6.07) is 0.366. The van der Waals surface area contributed by atoms with Crippen LogP contribution in [-0.4, -0.2) is 41.5 Å². The number of rotatable bonds is 5. The second kappa shape index (κ2) is 8.25. The minimum Gasteiger partial charge on any atom is -0.353 e. The largest absolute Gasteiger partial charge is 0.353 e. The first kappa shape index (κ1) is 16.9. The number of hydrogen-bond donors (Lipinski definition) is 1. The zero-order valence-corrected chi connectivity index (χ0v) is 15.0. The summed E-state index contributed by atoms with van der Waals surface area (Å²) in [5.74, 6) is 0.896. The monoisotopic (exact) mass is 335 g/mol. The van der Waals surface area contributed by atoms with E-state index in [1.807, 2.05) is 12.3 Å². The Labute approximate surface area is 143 Å². The van der Waals surface area contributed by atoms with Crippen LogP contribution in [0.2, 0.25) is 0 Å². The molecule has 23 heavy (non-hydrogen) atoms. The van der Waals surface area contributed by atoms with Crippen molar-refractivity contribution in [1.29, 1.82) is 0 Å². The van der Waals surface area contributed by atoms with Crippen LogP contribution in [0.5, 0.6) is 0 Å². The molecule has 1 N–H and O–H groups in total. The molecule has 2 fully saturated rings. The highest BCUT2D eigenvalue weighted by molar-refractivity contribution is 7.09. The molecular weight excluding hydrogens is 306 g/mol. The molecule has 0 aromatic carbocycles. The predicted molar refractivity (Wildman–Crippen MR) is 94.7 cm³/mol. The summed E-state index contributed by atoms with van der Waals surface area (Å²) in [6.45, 7) is 5.77. The summed E-state index contributed by atoms with van der Waals surface area (Å²) >= 11 is 1.62. The number of amides is 1. The van der Waals surface area contributed by atoms with Crippen molar-refractivity contribution in [1.82, 2.24) is 15.2 Å². The van der Waals surface area contributed by atoms with Crippen molar-refractivity contribution in [2.45, 2.75) is 64.3 Å². The highest BCUT2D eigenvalue weighted by Crippen LogP contribution is 2.26. The van der Waals surface area contributed by atoms with Crippen LogP contribution in [-0.2, 0) is 11.2 Å². The van der Waals surface area contributed by atoms with Crippen LogP contribution < -0.4 is 5.32 Å². The number of aryl methyl sites for hydroxylation is 1. The second-order valence-corrected chi connectivity index (χ2v) is 8.26. The van der Waals surface area contributed by atoms with Gasteiger partial charge in [-0.2, -0.15) is 0 Å². The molecule has 1 aliphatic heterocycles. The molecule has 3 rings (SSSR count). The number of carbonyl (C=O) groups excluding carboxylic acids is 1. The standard InChI is InChI=1S/C18H29N3OS/c1-14-19-17(13-23-14)11-18(22)20-16-7-5-6-15(10-16)12-21-8-3-2-4-9-21/h13,15-16H,2-12H2,1H3,(H,20,22)/t15-,16+/m1/s1. The molecule has 2 aliphatic rings. The van der Waals surface area contributed by atoms with Crippen molar-refractivity contribution in [3.05, 3.63) is 16.1 Å². The van der Waals surface area contributed by atoms with E-state index in [2.05, 4.69) is 15.2 Å². The van der Waals surface area contributed by atoms with Crippen LogP contribution in [0.25, 0.3) is 0 Å². The van der Waals surface area contributed by atoms with E-state index in [1.165, 1.54) is 51.7 Å². The second-order valence-electron chi connectivity index (χ2n) is 7.19. The molecule has 1 amide bonds. The van der Waals surface area contributed by atoms with Crippen LogP contribution in [0.3, 0.4) is 0 Å². The Kier molecular flexibility index (Phi) is 6.06. The molecule has 2 heterocycles. The Balaban J connectivity index is 1.43. The lowest BCUT2D eigenvalue weighted by atomic mass is 9.85. The van der Waals surface area contributed by atoms with Crippen molar-refractivity contribution in [2.24, 2.45) is 5.92 Å². The van der Waals surface area contributed by atoms with E-state index in [0.29, 0.717) is 12.5 Å². The number of thiazole rings is 1. The van der Waals surface area contributed by atoms with Gasteiger partial charge in [0.25, 0.3) is 0 Å². The Morgan fingerprint density at radius 2 is 2.13 bits per heavy atom. The Morgan fingerprint density at radius 1 is 1.30 bits per heavy atom. The van der Waals surface area contributed by atoms with Crippen LogP contribution in [0, 0.1) is 12.8 Å². The number of carbonyl (C=O) groups is 1. The van der Waals surface area contributed by atoms with Gasteiger partial charge < -0.3 is 10.2 Å². The molecule has 1 aliphatic carbocycles. The van der Waals surface area contributed by atoms with E-state index in [4.69, 9.17) is 0 Å². The average Bonchev–Trinajstić information content (AvgIpc) is 2.93. The molecule has 2 atom stereocenters. The van der Waals surface area contributed by atoms with Crippen molar-refractivity contribution in [3.63, 3.8) is 0 Å². The average molecular weight is 336 g/mol. The van der Waals surface area contributed by atoms with Gasteiger partial charge in [0.2, 0.25) is 5.91 Å². The molecular formula is C18H29N3OS. The third kappa shape index (κ3) is 5.28. The van der Waals surface area contributed by atoms with E-state index in [0.717, 1.165) is 29.5 Å². The molecule has 0 unspecified atom stereocenters. The fraction of sp³-hybridized carbons (Fsp3) is 0.778. The summed E-state index contributed by atoms with van der Waals surface area (Å²) in [5, 5.41) is 6.28. The van der Waals surface area contributed by atoms with Gasteiger partial charge in [0.05, 0.1) is 17.1 Å². The minimum atomic E-state index is 0.138. The van der Waals surface area contributed by atoms with E-state index >= 15 is 0 Å². The van der Waals surface area contributed by atoms with Gasteiger partial charge in [0.1, 0.15) is 0 Å². The molecule has 128 valence electrons. The lowest BCUT2D eigenvalue weighted by Gasteiger charge is -2.35.